The van der Waals surface area contributed by atoms with Crippen molar-refractivity contribution in [2.45, 2.75) is 46.1 Å². The molecule has 8 nitrogen and oxygen atoms in total. The Bertz CT molecular complexity index is 692. The van der Waals surface area contributed by atoms with E-state index in [0.29, 0.717) is 56.5 Å². The number of nitrogens with one attached hydrogen (secondary N) is 2. The number of carbonyl (C=O) groups excluding carboxylic acids is 1. The third kappa shape index (κ3) is 6.62. The third-order valence-electron chi connectivity index (χ3n) is 5.25. The second-order valence-corrected chi connectivity index (χ2v) is 7.38. The summed E-state index contributed by atoms with van der Waals surface area (Å²) in [7, 11) is 0. The summed E-state index contributed by atoms with van der Waals surface area (Å²) >= 11 is 0. The van der Waals surface area contributed by atoms with E-state index in [1.54, 1.807) is 0 Å². The molecule has 1 saturated heterocycles. The van der Waals surface area contributed by atoms with Gasteiger partial charge < -0.3 is 20.7 Å². The summed E-state index contributed by atoms with van der Waals surface area (Å²) in [6.45, 7) is 10.8. The van der Waals surface area contributed by atoms with Crippen LogP contribution in [0.4, 0.5) is 5.95 Å². The van der Waals surface area contributed by atoms with Crippen LogP contribution in [0.3, 0.4) is 0 Å². The minimum Gasteiger partial charge on any atom is -0.378 e. The lowest BCUT2D eigenvalue weighted by Crippen LogP contribution is -2.55. The van der Waals surface area contributed by atoms with Gasteiger partial charge in [-0.3, -0.25) is 14.6 Å². The predicted molar refractivity (Wildman–Crippen MR) is 116 cm³/mol. The molecule has 10 heteroatoms. The van der Waals surface area contributed by atoms with Gasteiger partial charge in [0.2, 0.25) is 11.9 Å². The van der Waals surface area contributed by atoms with E-state index in [-0.39, 0.29) is 48.6 Å². The Kier molecular flexibility index (Phi) is 11.0. The zero-order valence-corrected chi connectivity index (χ0v) is 18.7. The fourth-order valence-electron chi connectivity index (χ4n) is 2.87. The molecule has 0 spiro atoms. The molecule has 1 atom stereocenters. The Morgan fingerprint density at radius 2 is 1.96 bits per heavy atom. The SMILES string of the molecule is Cc1nc(N2CCOCC2)[nH]c(=O)c1CCC(=O)NC(C)(CN)C(C)C.Cl.Cl. The summed E-state index contributed by atoms with van der Waals surface area (Å²) < 4.78 is 5.32. The largest absolute Gasteiger partial charge is 0.378 e. The maximum Gasteiger partial charge on any atom is 0.255 e. The van der Waals surface area contributed by atoms with Crippen LogP contribution in [0.15, 0.2) is 4.79 Å². The Morgan fingerprint density at radius 3 is 2.46 bits per heavy atom. The lowest BCUT2D eigenvalue weighted by molar-refractivity contribution is -0.123. The Labute approximate surface area is 178 Å². The smallest absolute Gasteiger partial charge is 0.255 e. The predicted octanol–water partition coefficient (Wildman–Crippen LogP) is 1.18. The molecule has 2 rings (SSSR count). The number of amides is 1. The number of carbonyl (C=O) groups is 1. The van der Waals surface area contributed by atoms with E-state index >= 15 is 0 Å². The Morgan fingerprint density at radius 1 is 1.36 bits per heavy atom. The van der Waals surface area contributed by atoms with Crippen LogP contribution in [-0.2, 0) is 16.0 Å². The van der Waals surface area contributed by atoms with Crippen LogP contribution in [0.5, 0.6) is 0 Å². The van der Waals surface area contributed by atoms with Crippen molar-refractivity contribution in [1.29, 1.82) is 0 Å². The molecule has 0 saturated carbocycles. The monoisotopic (exact) mass is 437 g/mol. The topological polar surface area (TPSA) is 113 Å². The number of morpholine rings is 1. The molecule has 1 aliphatic heterocycles. The van der Waals surface area contributed by atoms with E-state index in [9.17, 15) is 9.59 Å². The molecule has 1 unspecified atom stereocenters. The molecular formula is C18H33Cl2N5O3. The maximum absolute atomic E-state index is 12.5. The molecule has 28 heavy (non-hydrogen) atoms. The van der Waals surface area contributed by atoms with Crippen LogP contribution >= 0.6 is 24.8 Å². The van der Waals surface area contributed by atoms with Gasteiger partial charge in [-0.05, 0) is 26.2 Å². The van der Waals surface area contributed by atoms with Gasteiger partial charge in [0.05, 0.1) is 18.8 Å². The zero-order valence-electron chi connectivity index (χ0n) is 17.0. The number of aromatic nitrogens is 2. The average molecular weight is 438 g/mol. The van der Waals surface area contributed by atoms with Crippen molar-refractivity contribution in [1.82, 2.24) is 15.3 Å². The fourth-order valence-corrected chi connectivity index (χ4v) is 2.87. The number of nitrogens with two attached hydrogens (primary N) is 1. The summed E-state index contributed by atoms with van der Waals surface area (Å²) in [6.07, 6.45) is 0.576. The molecule has 1 amide bonds. The summed E-state index contributed by atoms with van der Waals surface area (Å²) in [5, 5.41) is 3.00. The van der Waals surface area contributed by atoms with Crippen molar-refractivity contribution in [3.63, 3.8) is 0 Å². The van der Waals surface area contributed by atoms with Crippen LogP contribution in [0, 0.1) is 12.8 Å². The van der Waals surface area contributed by atoms with Crippen molar-refractivity contribution < 1.29 is 9.53 Å². The summed E-state index contributed by atoms with van der Waals surface area (Å²) in [4.78, 5) is 34.1. The lowest BCUT2D eigenvalue weighted by Gasteiger charge is -2.33. The molecule has 0 aromatic carbocycles. The zero-order chi connectivity index (χ0) is 19.3. The van der Waals surface area contributed by atoms with Gasteiger partial charge in [-0.15, -0.1) is 24.8 Å². The minimum atomic E-state index is -0.447. The van der Waals surface area contributed by atoms with Gasteiger partial charge in [0, 0.05) is 37.3 Å². The van der Waals surface area contributed by atoms with Crippen LogP contribution in [0.1, 0.15) is 38.4 Å². The van der Waals surface area contributed by atoms with Crippen LogP contribution in [-0.4, -0.2) is 54.3 Å². The first-order valence-corrected chi connectivity index (χ1v) is 9.20. The number of ether oxygens (including phenoxy) is 1. The molecule has 1 fully saturated rings. The number of nitrogens with zero attached hydrogens (tertiary/aromatic N) is 2. The quantitative estimate of drug-likeness (QED) is 0.589. The van der Waals surface area contributed by atoms with Gasteiger partial charge in [-0.25, -0.2) is 4.98 Å². The van der Waals surface area contributed by atoms with E-state index in [1.165, 1.54) is 0 Å². The van der Waals surface area contributed by atoms with Crippen LogP contribution < -0.4 is 21.5 Å². The number of aromatic amines is 1. The number of halogens is 2. The minimum absolute atomic E-state index is 0. The number of H-pyrrole nitrogens is 1. The third-order valence-corrected chi connectivity index (χ3v) is 5.25. The van der Waals surface area contributed by atoms with Crippen molar-refractivity contribution in [2.24, 2.45) is 11.7 Å². The fraction of sp³-hybridized carbons (Fsp3) is 0.722. The van der Waals surface area contributed by atoms with Gasteiger partial charge in [-0.1, -0.05) is 13.8 Å². The molecule has 0 bridgehead atoms. The summed E-state index contributed by atoms with van der Waals surface area (Å²) in [5.74, 6) is 0.679. The molecule has 2 heterocycles. The normalized spacial score (nSPS) is 16.0. The summed E-state index contributed by atoms with van der Waals surface area (Å²) in [5.41, 5.74) is 6.39. The lowest BCUT2D eigenvalue weighted by atomic mass is 9.88. The van der Waals surface area contributed by atoms with E-state index < -0.39 is 5.54 Å². The standard InChI is InChI=1S/C18H31N5O3.2ClH/c1-12(2)18(4,11-19)22-15(24)6-5-14-13(3)20-17(21-16(14)25)23-7-9-26-10-8-23;;/h12H,5-11,19H2,1-4H3,(H,22,24)(H,20,21,25);2*1H. The van der Waals surface area contributed by atoms with E-state index in [0.717, 1.165) is 0 Å². The van der Waals surface area contributed by atoms with Crippen molar-refractivity contribution >= 4 is 36.7 Å². The Balaban J connectivity index is 0.00000364. The van der Waals surface area contributed by atoms with Crippen molar-refractivity contribution in [3.8, 4) is 0 Å². The second kappa shape index (κ2) is 11.6. The molecule has 1 aromatic heterocycles. The molecule has 0 radical (unpaired) electrons. The number of anilines is 1. The molecular weight excluding hydrogens is 405 g/mol. The highest BCUT2D eigenvalue weighted by Gasteiger charge is 2.28. The number of rotatable bonds is 7. The van der Waals surface area contributed by atoms with Crippen LogP contribution in [0.2, 0.25) is 0 Å². The van der Waals surface area contributed by atoms with Crippen molar-refractivity contribution in [2.75, 3.05) is 37.7 Å². The first-order valence-electron chi connectivity index (χ1n) is 9.20. The molecule has 1 aromatic rings. The molecule has 162 valence electrons. The second-order valence-electron chi connectivity index (χ2n) is 7.38. The van der Waals surface area contributed by atoms with E-state index in [4.69, 9.17) is 10.5 Å². The number of hydrogen-bond donors (Lipinski definition) is 3. The van der Waals surface area contributed by atoms with Gasteiger partial charge in [0.15, 0.2) is 0 Å². The number of hydrogen-bond acceptors (Lipinski definition) is 6. The summed E-state index contributed by atoms with van der Waals surface area (Å²) in [6, 6.07) is 0. The maximum atomic E-state index is 12.5. The van der Waals surface area contributed by atoms with Crippen molar-refractivity contribution in [3.05, 3.63) is 21.6 Å². The molecule has 4 N–H and O–H groups in total. The van der Waals surface area contributed by atoms with Gasteiger partial charge in [0.1, 0.15) is 0 Å². The van der Waals surface area contributed by atoms with Gasteiger partial charge in [-0.2, -0.15) is 0 Å². The molecule has 0 aliphatic carbocycles. The van der Waals surface area contributed by atoms with Gasteiger partial charge >= 0.3 is 0 Å². The van der Waals surface area contributed by atoms with Gasteiger partial charge in [0.25, 0.3) is 5.56 Å². The Hall–Kier alpha value is -1.35. The first kappa shape index (κ1) is 26.6. The highest BCUT2D eigenvalue weighted by molar-refractivity contribution is 5.85. The molecule has 1 aliphatic rings. The van der Waals surface area contributed by atoms with Crippen LogP contribution in [0.25, 0.3) is 0 Å². The highest BCUT2D eigenvalue weighted by atomic mass is 35.5. The highest BCUT2D eigenvalue weighted by Crippen LogP contribution is 2.16. The van der Waals surface area contributed by atoms with E-state index in [1.807, 2.05) is 32.6 Å². The number of aryl methyl sites for hydroxylation is 1. The van der Waals surface area contributed by atoms with E-state index in [2.05, 4.69) is 15.3 Å². The first-order chi connectivity index (χ1) is 12.3. The average Bonchev–Trinajstić information content (AvgIpc) is 2.61.